The Balaban J connectivity index is 1.31. The van der Waals surface area contributed by atoms with Gasteiger partial charge in [0, 0.05) is 10.6 Å². The zero-order valence-electron chi connectivity index (χ0n) is 17.0. The Morgan fingerprint density at radius 2 is 1.55 bits per heavy atom. The molecule has 29 heavy (non-hydrogen) atoms. The Kier molecular flexibility index (Phi) is 6.35. The van der Waals surface area contributed by atoms with Gasteiger partial charge in [0.15, 0.2) is 0 Å². The van der Waals surface area contributed by atoms with Crippen LogP contribution < -0.4 is 0 Å². The maximum absolute atomic E-state index is 14.6. The maximum atomic E-state index is 14.6. The largest absolute Gasteiger partial charge is 0.206 e. The van der Waals surface area contributed by atoms with Crippen LogP contribution >= 0.6 is 11.6 Å². The smallest absolute Gasteiger partial charge is 0.131 e. The quantitative estimate of drug-likeness (QED) is 0.399. The molecule has 0 amide bonds. The van der Waals surface area contributed by atoms with Crippen LogP contribution in [0.3, 0.4) is 0 Å². The van der Waals surface area contributed by atoms with E-state index in [1.54, 1.807) is 18.2 Å². The Morgan fingerprint density at radius 1 is 0.862 bits per heavy atom. The van der Waals surface area contributed by atoms with Crippen LogP contribution in [-0.2, 0) is 6.42 Å². The second-order valence-corrected chi connectivity index (χ2v) is 8.92. The summed E-state index contributed by atoms with van der Waals surface area (Å²) in [6.07, 6.45) is 7.22. The van der Waals surface area contributed by atoms with Crippen LogP contribution in [0.1, 0.15) is 54.7 Å². The summed E-state index contributed by atoms with van der Waals surface area (Å²) < 4.78 is 14.6. The summed E-state index contributed by atoms with van der Waals surface area (Å²) in [6.45, 7) is 2.14. The summed E-state index contributed by atoms with van der Waals surface area (Å²) in [4.78, 5) is 0. The van der Waals surface area contributed by atoms with E-state index in [2.05, 4.69) is 37.3 Å². The molecule has 0 aliphatic heterocycles. The highest BCUT2D eigenvalue weighted by molar-refractivity contribution is 6.30. The Hall–Kier alpha value is -2.12. The van der Waals surface area contributed by atoms with Gasteiger partial charge in [-0.1, -0.05) is 65.7 Å². The fourth-order valence-electron chi connectivity index (χ4n) is 4.57. The molecule has 0 bridgehead atoms. The van der Waals surface area contributed by atoms with Crippen molar-refractivity contribution in [2.24, 2.45) is 5.92 Å². The van der Waals surface area contributed by atoms with E-state index < -0.39 is 0 Å². The molecule has 1 saturated carbocycles. The molecule has 0 N–H and O–H groups in total. The van der Waals surface area contributed by atoms with E-state index in [9.17, 15) is 4.39 Å². The zero-order valence-corrected chi connectivity index (χ0v) is 17.8. The lowest BCUT2D eigenvalue weighted by Gasteiger charge is -2.29. The summed E-state index contributed by atoms with van der Waals surface area (Å²) in [5.74, 6) is 1.33. The first-order valence-corrected chi connectivity index (χ1v) is 11.1. The molecule has 2 heteroatoms. The molecule has 1 fully saturated rings. The molecule has 150 valence electrons. The minimum Gasteiger partial charge on any atom is -0.206 e. The van der Waals surface area contributed by atoms with Gasteiger partial charge in [-0.3, -0.25) is 0 Å². The highest BCUT2D eigenvalue weighted by atomic mass is 35.5. The predicted molar refractivity (Wildman–Crippen MR) is 121 cm³/mol. The van der Waals surface area contributed by atoms with Crippen molar-refractivity contribution < 1.29 is 4.39 Å². The zero-order chi connectivity index (χ0) is 20.2. The molecule has 0 nitrogen and oxygen atoms in total. The van der Waals surface area contributed by atoms with E-state index in [4.69, 9.17) is 11.6 Å². The van der Waals surface area contributed by atoms with Gasteiger partial charge in [0.05, 0.1) is 0 Å². The first-order valence-electron chi connectivity index (χ1n) is 10.7. The number of benzene rings is 3. The Bertz CT molecular complexity index is 935. The molecule has 4 rings (SSSR count). The molecule has 0 unspecified atom stereocenters. The van der Waals surface area contributed by atoms with Crippen molar-refractivity contribution in [3.05, 3.63) is 94.3 Å². The van der Waals surface area contributed by atoms with Crippen molar-refractivity contribution >= 4 is 11.6 Å². The third kappa shape index (κ3) is 5.08. The second-order valence-electron chi connectivity index (χ2n) is 8.49. The van der Waals surface area contributed by atoms with E-state index in [1.807, 2.05) is 18.2 Å². The third-order valence-electron chi connectivity index (χ3n) is 6.43. The van der Waals surface area contributed by atoms with Crippen molar-refractivity contribution in [3.63, 3.8) is 0 Å². The van der Waals surface area contributed by atoms with Gasteiger partial charge in [0.2, 0.25) is 0 Å². The van der Waals surface area contributed by atoms with Crippen LogP contribution in [0, 0.1) is 18.7 Å². The van der Waals surface area contributed by atoms with Crippen LogP contribution in [0.2, 0.25) is 5.02 Å². The lowest BCUT2D eigenvalue weighted by Crippen LogP contribution is -2.14. The maximum Gasteiger partial charge on any atom is 0.131 e. The number of aryl methyl sites for hydroxylation is 2. The standard InChI is InChI=1S/C27H28ClF/c1-19-2-9-22(10-3-19)23-11-6-20(7-12-23)4-5-21-8-17-26(27(29)18-21)24-13-15-25(28)16-14-24/h2-3,8-10,13-18,20,23H,4-7,11-12H2,1H3. The predicted octanol–water partition coefficient (Wildman–Crippen LogP) is 8.36. The number of hydrogen-bond acceptors (Lipinski definition) is 0. The Labute approximate surface area is 178 Å². The first kappa shape index (κ1) is 20.2. The van der Waals surface area contributed by atoms with Gasteiger partial charge in [-0.25, -0.2) is 4.39 Å². The third-order valence-corrected chi connectivity index (χ3v) is 6.68. The molecule has 0 radical (unpaired) electrons. The summed E-state index contributed by atoms with van der Waals surface area (Å²) in [5.41, 5.74) is 5.43. The SMILES string of the molecule is Cc1ccc(C2CCC(CCc3ccc(-c4ccc(Cl)cc4)c(F)c3)CC2)cc1. The van der Waals surface area contributed by atoms with Crippen molar-refractivity contribution in [2.45, 2.75) is 51.4 Å². The first-order chi connectivity index (χ1) is 14.1. The molecule has 0 saturated heterocycles. The van der Waals surface area contributed by atoms with E-state index in [-0.39, 0.29) is 5.82 Å². The molecule has 3 aromatic rings. The minimum atomic E-state index is -0.145. The van der Waals surface area contributed by atoms with E-state index in [0.717, 1.165) is 29.9 Å². The lowest BCUT2D eigenvalue weighted by molar-refractivity contribution is 0.310. The average Bonchev–Trinajstić information content (AvgIpc) is 2.74. The second kappa shape index (κ2) is 9.13. The average molecular weight is 407 g/mol. The molecule has 0 atom stereocenters. The van der Waals surface area contributed by atoms with E-state index >= 15 is 0 Å². The molecule has 0 aromatic heterocycles. The van der Waals surface area contributed by atoms with Gasteiger partial charge < -0.3 is 0 Å². The van der Waals surface area contributed by atoms with Crippen molar-refractivity contribution in [1.82, 2.24) is 0 Å². The molecular formula is C27H28ClF. The monoisotopic (exact) mass is 406 g/mol. The fourth-order valence-corrected chi connectivity index (χ4v) is 4.70. The van der Waals surface area contributed by atoms with Crippen LogP contribution in [0.15, 0.2) is 66.7 Å². The number of halogens is 2. The van der Waals surface area contributed by atoms with Crippen molar-refractivity contribution in [1.29, 1.82) is 0 Å². The van der Waals surface area contributed by atoms with Crippen LogP contribution in [-0.4, -0.2) is 0 Å². The van der Waals surface area contributed by atoms with Gasteiger partial charge in [-0.15, -0.1) is 0 Å². The van der Waals surface area contributed by atoms with Gasteiger partial charge >= 0.3 is 0 Å². The van der Waals surface area contributed by atoms with Gasteiger partial charge in [0.1, 0.15) is 5.82 Å². The lowest BCUT2D eigenvalue weighted by atomic mass is 9.77. The highest BCUT2D eigenvalue weighted by Crippen LogP contribution is 2.37. The molecule has 1 aliphatic rings. The molecule has 3 aromatic carbocycles. The van der Waals surface area contributed by atoms with E-state index in [0.29, 0.717) is 16.5 Å². The summed E-state index contributed by atoms with van der Waals surface area (Å²) in [5, 5.41) is 0.669. The summed E-state index contributed by atoms with van der Waals surface area (Å²) >= 11 is 5.94. The normalized spacial score (nSPS) is 19.3. The van der Waals surface area contributed by atoms with Gasteiger partial charge in [-0.2, -0.15) is 0 Å². The van der Waals surface area contributed by atoms with Crippen LogP contribution in [0.4, 0.5) is 4.39 Å². The number of hydrogen-bond donors (Lipinski definition) is 0. The minimum absolute atomic E-state index is 0.145. The summed E-state index contributed by atoms with van der Waals surface area (Å²) in [7, 11) is 0. The van der Waals surface area contributed by atoms with Crippen LogP contribution in [0.5, 0.6) is 0 Å². The van der Waals surface area contributed by atoms with E-state index in [1.165, 1.54) is 36.8 Å². The molecular weight excluding hydrogens is 379 g/mol. The fraction of sp³-hybridized carbons (Fsp3) is 0.333. The van der Waals surface area contributed by atoms with Crippen molar-refractivity contribution in [2.75, 3.05) is 0 Å². The highest BCUT2D eigenvalue weighted by Gasteiger charge is 2.22. The number of rotatable bonds is 5. The topological polar surface area (TPSA) is 0 Å². The molecule has 0 heterocycles. The molecule has 0 spiro atoms. The van der Waals surface area contributed by atoms with Crippen LogP contribution in [0.25, 0.3) is 11.1 Å². The molecule has 1 aliphatic carbocycles. The summed E-state index contributed by atoms with van der Waals surface area (Å²) in [6, 6.07) is 22.1. The van der Waals surface area contributed by atoms with Crippen molar-refractivity contribution in [3.8, 4) is 11.1 Å². The Morgan fingerprint density at radius 3 is 2.21 bits per heavy atom. The van der Waals surface area contributed by atoms with Gasteiger partial charge in [-0.05, 0) is 92.2 Å². The van der Waals surface area contributed by atoms with Gasteiger partial charge in [0.25, 0.3) is 0 Å².